The number of nitrogens with zero attached hydrogens (tertiary/aromatic N) is 2. The van der Waals surface area contributed by atoms with E-state index in [9.17, 15) is 25.0 Å². The number of benzene rings is 2. The van der Waals surface area contributed by atoms with Gasteiger partial charge in [-0.25, -0.2) is 4.79 Å². The highest BCUT2D eigenvalue weighted by atomic mass is 16.6. The van der Waals surface area contributed by atoms with E-state index in [1.807, 2.05) is 0 Å². The zero-order valence-corrected chi connectivity index (χ0v) is 11.7. The third-order valence-electron chi connectivity index (χ3n) is 3.01. The van der Waals surface area contributed by atoms with E-state index in [0.717, 1.165) is 12.1 Å². The molecule has 2 rings (SSSR count). The number of ether oxygens (including phenoxy) is 1. The van der Waals surface area contributed by atoms with Gasteiger partial charge >= 0.3 is 5.97 Å². The van der Waals surface area contributed by atoms with Gasteiger partial charge in [0, 0.05) is 18.2 Å². The second kappa shape index (κ2) is 6.52. The van der Waals surface area contributed by atoms with E-state index in [0.29, 0.717) is 0 Å². The summed E-state index contributed by atoms with van der Waals surface area (Å²) in [5, 5.41) is 21.5. The number of carbonyl (C=O) groups excluding carboxylic acids is 1. The number of carbonyl (C=O) groups is 1. The predicted molar refractivity (Wildman–Crippen MR) is 79.7 cm³/mol. The number of rotatable bonds is 5. The van der Waals surface area contributed by atoms with E-state index in [-0.39, 0.29) is 34.8 Å². The average Bonchev–Trinajstić information content (AvgIpc) is 2.52. The molecule has 23 heavy (non-hydrogen) atoms. The number of nitrogen functional groups attached to an aromatic ring is 1. The molecule has 0 fully saturated rings. The minimum atomic E-state index is -0.824. The van der Waals surface area contributed by atoms with E-state index in [4.69, 9.17) is 10.5 Å². The van der Waals surface area contributed by atoms with Gasteiger partial charge in [0.1, 0.15) is 6.61 Å². The first-order valence-electron chi connectivity index (χ1n) is 6.33. The quantitative estimate of drug-likeness (QED) is 0.386. The molecule has 2 aromatic rings. The van der Waals surface area contributed by atoms with Crippen molar-refractivity contribution in [3.05, 3.63) is 73.8 Å². The van der Waals surface area contributed by atoms with Crippen LogP contribution >= 0.6 is 0 Å². The molecule has 0 aliphatic rings. The van der Waals surface area contributed by atoms with Crippen molar-refractivity contribution < 1.29 is 19.4 Å². The van der Waals surface area contributed by atoms with Gasteiger partial charge in [-0.2, -0.15) is 0 Å². The Balaban J connectivity index is 2.15. The second-order valence-electron chi connectivity index (χ2n) is 4.49. The summed E-state index contributed by atoms with van der Waals surface area (Å²) in [6.45, 7) is -0.313. The van der Waals surface area contributed by atoms with Gasteiger partial charge < -0.3 is 10.5 Å². The number of hydrogen-bond donors (Lipinski definition) is 1. The zero-order valence-electron chi connectivity index (χ0n) is 11.7. The van der Waals surface area contributed by atoms with Crippen LogP contribution in [0.15, 0.2) is 42.5 Å². The number of nitrogens with two attached hydrogens (primary N) is 1. The molecule has 0 aromatic heterocycles. The fraction of sp³-hybridized carbons (Fsp3) is 0.0714. The van der Waals surface area contributed by atoms with Crippen molar-refractivity contribution in [3.63, 3.8) is 0 Å². The Kier molecular flexibility index (Phi) is 4.50. The Bertz CT molecular complexity index is 790. The highest BCUT2D eigenvalue weighted by Crippen LogP contribution is 2.22. The highest BCUT2D eigenvalue weighted by molar-refractivity contribution is 5.95. The van der Waals surface area contributed by atoms with Crippen molar-refractivity contribution in [3.8, 4) is 0 Å². The van der Waals surface area contributed by atoms with Crippen LogP contribution in [-0.4, -0.2) is 15.8 Å². The van der Waals surface area contributed by atoms with Crippen molar-refractivity contribution in [1.29, 1.82) is 0 Å². The summed E-state index contributed by atoms with van der Waals surface area (Å²) < 4.78 is 4.99. The Hall–Kier alpha value is -3.49. The molecule has 0 amide bonds. The van der Waals surface area contributed by atoms with Crippen LogP contribution in [0.4, 0.5) is 17.1 Å². The number of anilines is 1. The number of hydrogen-bond acceptors (Lipinski definition) is 7. The summed E-state index contributed by atoms with van der Waals surface area (Å²) in [5.74, 6) is -0.824. The molecule has 9 nitrogen and oxygen atoms in total. The summed E-state index contributed by atoms with van der Waals surface area (Å²) in [4.78, 5) is 32.2. The van der Waals surface area contributed by atoms with E-state index in [1.165, 1.54) is 24.3 Å². The molecule has 0 heterocycles. The van der Waals surface area contributed by atoms with Crippen molar-refractivity contribution >= 4 is 23.0 Å². The minimum Gasteiger partial charge on any atom is -0.457 e. The first kappa shape index (κ1) is 15.9. The van der Waals surface area contributed by atoms with E-state index in [2.05, 4.69) is 0 Å². The molecule has 0 saturated heterocycles. The molecule has 118 valence electrons. The fourth-order valence-corrected chi connectivity index (χ4v) is 1.88. The molecular formula is C14H11N3O6. The summed E-state index contributed by atoms with van der Waals surface area (Å²) in [6.07, 6.45) is 0. The third kappa shape index (κ3) is 3.59. The van der Waals surface area contributed by atoms with Gasteiger partial charge in [-0.1, -0.05) is 12.1 Å². The Labute approximate surface area is 129 Å². The largest absolute Gasteiger partial charge is 0.457 e. The minimum absolute atomic E-state index is 0.0471. The van der Waals surface area contributed by atoms with Gasteiger partial charge in [-0.05, 0) is 12.1 Å². The van der Waals surface area contributed by atoms with Crippen LogP contribution in [0.25, 0.3) is 0 Å². The number of nitro benzene ring substituents is 2. The molecule has 0 atom stereocenters. The Morgan fingerprint density at radius 1 is 1.09 bits per heavy atom. The van der Waals surface area contributed by atoms with Crippen LogP contribution in [0.2, 0.25) is 0 Å². The first-order valence-corrected chi connectivity index (χ1v) is 6.33. The monoisotopic (exact) mass is 317 g/mol. The molecule has 2 aromatic carbocycles. The van der Waals surface area contributed by atoms with Crippen LogP contribution < -0.4 is 5.73 Å². The van der Waals surface area contributed by atoms with Gasteiger partial charge in [0.25, 0.3) is 11.4 Å². The SMILES string of the molecule is Nc1cc([N+](=O)[O-])ccc1C(=O)OCc1ccccc1[N+](=O)[O-]. The number of esters is 1. The average molecular weight is 317 g/mol. The smallest absolute Gasteiger partial charge is 0.340 e. The maximum atomic E-state index is 12.0. The van der Waals surface area contributed by atoms with E-state index >= 15 is 0 Å². The lowest BCUT2D eigenvalue weighted by molar-refractivity contribution is -0.385. The van der Waals surface area contributed by atoms with Crippen molar-refractivity contribution in [1.82, 2.24) is 0 Å². The van der Waals surface area contributed by atoms with Crippen molar-refractivity contribution in [2.75, 3.05) is 5.73 Å². The van der Waals surface area contributed by atoms with Crippen molar-refractivity contribution in [2.45, 2.75) is 6.61 Å². The standard InChI is InChI=1S/C14H11N3O6/c15-12-7-10(16(19)20)5-6-11(12)14(18)23-8-9-3-1-2-4-13(9)17(21)22/h1-7H,8,15H2. The molecule has 2 N–H and O–H groups in total. The van der Waals surface area contributed by atoms with Crippen LogP contribution in [0.5, 0.6) is 0 Å². The van der Waals surface area contributed by atoms with Gasteiger partial charge in [0.2, 0.25) is 0 Å². The molecule has 9 heteroatoms. The predicted octanol–water partition coefficient (Wildman–Crippen LogP) is 2.44. The lowest BCUT2D eigenvalue weighted by Gasteiger charge is -2.07. The molecule has 0 bridgehead atoms. The van der Waals surface area contributed by atoms with Gasteiger partial charge in [0.15, 0.2) is 0 Å². The normalized spacial score (nSPS) is 10.1. The first-order chi connectivity index (χ1) is 10.9. The number of nitro groups is 2. The lowest BCUT2D eigenvalue weighted by Crippen LogP contribution is -2.09. The maximum Gasteiger partial charge on any atom is 0.340 e. The topological polar surface area (TPSA) is 139 Å². The van der Waals surface area contributed by atoms with Crippen molar-refractivity contribution in [2.24, 2.45) is 0 Å². The molecule has 0 saturated carbocycles. The molecule has 0 unspecified atom stereocenters. The molecule has 0 aliphatic carbocycles. The molecule has 0 aliphatic heterocycles. The lowest BCUT2D eigenvalue weighted by atomic mass is 10.1. The molecular weight excluding hydrogens is 306 g/mol. The molecule has 0 spiro atoms. The molecule has 0 radical (unpaired) electrons. The van der Waals surface area contributed by atoms with Gasteiger partial charge in [0.05, 0.1) is 26.7 Å². The summed E-state index contributed by atoms with van der Waals surface area (Å²) in [6, 6.07) is 9.18. The summed E-state index contributed by atoms with van der Waals surface area (Å²) in [5.41, 5.74) is 5.25. The van der Waals surface area contributed by atoms with E-state index < -0.39 is 15.8 Å². The Morgan fingerprint density at radius 2 is 1.78 bits per heavy atom. The van der Waals surface area contributed by atoms with Crippen LogP contribution in [0.3, 0.4) is 0 Å². The third-order valence-corrected chi connectivity index (χ3v) is 3.01. The Morgan fingerprint density at radius 3 is 2.39 bits per heavy atom. The zero-order chi connectivity index (χ0) is 17.0. The maximum absolute atomic E-state index is 12.0. The van der Waals surface area contributed by atoms with Crippen LogP contribution in [0, 0.1) is 20.2 Å². The second-order valence-corrected chi connectivity index (χ2v) is 4.49. The van der Waals surface area contributed by atoms with E-state index in [1.54, 1.807) is 6.07 Å². The highest BCUT2D eigenvalue weighted by Gasteiger charge is 2.18. The van der Waals surface area contributed by atoms with Crippen LogP contribution in [0.1, 0.15) is 15.9 Å². The van der Waals surface area contributed by atoms with Crippen LogP contribution in [-0.2, 0) is 11.3 Å². The number of para-hydroxylation sites is 1. The van der Waals surface area contributed by atoms with Gasteiger partial charge in [-0.15, -0.1) is 0 Å². The number of non-ortho nitro benzene ring substituents is 1. The summed E-state index contributed by atoms with van der Waals surface area (Å²) in [7, 11) is 0. The fourth-order valence-electron chi connectivity index (χ4n) is 1.88. The summed E-state index contributed by atoms with van der Waals surface area (Å²) >= 11 is 0. The van der Waals surface area contributed by atoms with Gasteiger partial charge in [-0.3, -0.25) is 20.2 Å².